The van der Waals surface area contributed by atoms with Gasteiger partial charge < -0.3 is 29.7 Å². The highest BCUT2D eigenvalue weighted by molar-refractivity contribution is 6.04. The molecule has 14 heteroatoms. The number of aromatic nitrogens is 2. The van der Waals surface area contributed by atoms with Crippen molar-refractivity contribution in [1.29, 1.82) is 0 Å². The minimum absolute atomic E-state index is 0.0578. The second kappa shape index (κ2) is 11.1. The number of nitrogens with zero attached hydrogens (tertiary/aromatic N) is 4. The van der Waals surface area contributed by atoms with Crippen LogP contribution in [0.25, 0.3) is 0 Å². The molecule has 0 unspecified atom stereocenters. The number of amides is 3. The molecular weight excluding hydrogens is 548 g/mol. The second-order valence-corrected chi connectivity index (χ2v) is 10.1. The minimum Gasteiger partial charge on any atom is -0.406 e. The van der Waals surface area contributed by atoms with Crippen LogP contribution in [0.5, 0.6) is 5.75 Å². The van der Waals surface area contributed by atoms with Crippen LogP contribution in [0.4, 0.5) is 28.9 Å². The van der Waals surface area contributed by atoms with Gasteiger partial charge in [-0.25, -0.2) is 9.37 Å². The summed E-state index contributed by atoms with van der Waals surface area (Å²) in [6.07, 6.45) is -1.82. The highest BCUT2D eigenvalue weighted by Gasteiger charge is 2.38. The number of carbonyl (C=O) groups excluding carboxylic acids is 3. The van der Waals surface area contributed by atoms with E-state index in [-0.39, 0.29) is 24.6 Å². The second-order valence-electron chi connectivity index (χ2n) is 10.1. The van der Waals surface area contributed by atoms with E-state index in [1.54, 1.807) is 18.1 Å². The summed E-state index contributed by atoms with van der Waals surface area (Å²) >= 11 is 0. The maximum absolute atomic E-state index is 14.2. The van der Waals surface area contributed by atoms with Crippen LogP contribution >= 0.6 is 0 Å². The molecule has 3 amide bonds. The molecule has 0 spiro atoms. The summed E-state index contributed by atoms with van der Waals surface area (Å²) in [7, 11) is 3.07. The summed E-state index contributed by atoms with van der Waals surface area (Å²) < 4.78 is 57.3. The molecule has 1 aromatic heterocycles. The smallest absolute Gasteiger partial charge is 0.406 e. The molecule has 4 rings (SSSR count). The number of imidazole rings is 1. The van der Waals surface area contributed by atoms with Crippen molar-refractivity contribution in [3.8, 4) is 5.75 Å². The molecule has 2 N–H and O–H groups in total. The van der Waals surface area contributed by atoms with Gasteiger partial charge in [-0.15, -0.1) is 13.2 Å². The number of hydrogen-bond acceptors (Lipinski definition) is 6. The van der Waals surface area contributed by atoms with E-state index < -0.39 is 47.2 Å². The number of alkyl halides is 3. The van der Waals surface area contributed by atoms with Crippen LogP contribution in [0.2, 0.25) is 0 Å². The molecule has 0 bridgehead atoms. The molecule has 0 aliphatic carbocycles. The lowest BCUT2D eigenvalue weighted by molar-refractivity contribution is -0.274. The van der Waals surface area contributed by atoms with Crippen LogP contribution in [0.1, 0.15) is 30.0 Å². The number of likely N-dealkylation sites (N-methyl/N-ethyl adjacent to an activating group) is 1. The van der Waals surface area contributed by atoms with Crippen molar-refractivity contribution >= 4 is 29.1 Å². The maximum Gasteiger partial charge on any atom is 0.573 e. The molecule has 1 atom stereocenters. The first kappa shape index (κ1) is 29.4. The SMILES string of the molecule is CN1C(=O)[C@H](NC(=O)C(C)(C)NC(=O)c2nccn2C)CN(Cc2ccc(OC(F)(F)F)cc2)c2ccc(F)cc21. The molecule has 218 valence electrons. The Hall–Kier alpha value is -4.62. The average molecular weight is 577 g/mol. The van der Waals surface area contributed by atoms with E-state index >= 15 is 0 Å². The lowest BCUT2D eigenvalue weighted by Crippen LogP contribution is -2.60. The van der Waals surface area contributed by atoms with E-state index in [1.807, 2.05) is 0 Å². The lowest BCUT2D eigenvalue weighted by atomic mass is 10.0. The zero-order chi connectivity index (χ0) is 30.1. The van der Waals surface area contributed by atoms with Crippen molar-refractivity contribution < 1.29 is 36.7 Å². The number of aryl methyl sites for hydroxylation is 1. The molecule has 1 aliphatic rings. The van der Waals surface area contributed by atoms with Gasteiger partial charge in [-0.1, -0.05) is 12.1 Å². The number of anilines is 2. The largest absolute Gasteiger partial charge is 0.573 e. The van der Waals surface area contributed by atoms with E-state index in [0.29, 0.717) is 11.3 Å². The highest BCUT2D eigenvalue weighted by atomic mass is 19.4. The summed E-state index contributed by atoms with van der Waals surface area (Å²) in [6, 6.07) is 7.96. The third-order valence-electron chi connectivity index (χ3n) is 6.52. The number of ether oxygens (including phenoxy) is 1. The highest BCUT2D eigenvalue weighted by Crippen LogP contribution is 2.34. The summed E-state index contributed by atoms with van der Waals surface area (Å²) in [5.74, 6) is -2.67. The Labute approximate surface area is 232 Å². The van der Waals surface area contributed by atoms with Gasteiger partial charge in [-0.05, 0) is 49.7 Å². The minimum atomic E-state index is -4.84. The van der Waals surface area contributed by atoms with Gasteiger partial charge in [-0.3, -0.25) is 14.4 Å². The fraction of sp³-hybridized carbons (Fsp3) is 0.333. The third-order valence-corrected chi connectivity index (χ3v) is 6.52. The van der Waals surface area contributed by atoms with Crippen molar-refractivity contribution in [3.05, 3.63) is 72.1 Å². The molecule has 3 aromatic rings. The van der Waals surface area contributed by atoms with Crippen LogP contribution < -0.4 is 25.2 Å². The fourth-order valence-electron chi connectivity index (χ4n) is 4.38. The Bertz CT molecular complexity index is 1450. The zero-order valence-electron chi connectivity index (χ0n) is 22.6. The predicted octanol–water partition coefficient (Wildman–Crippen LogP) is 3.13. The van der Waals surface area contributed by atoms with Crippen LogP contribution in [0.15, 0.2) is 54.9 Å². The first-order chi connectivity index (χ1) is 19.1. The summed E-state index contributed by atoms with van der Waals surface area (Å²) in [5.41, 5.74) is -0.172. The Morgan fingerprint density at radius 3 is 2.37 bits per heavy atom. The Kier molecular flexibility index (Phi) is 7.95. The number of carbonyl (C=O) groups is 3. The number of halogens is 4. The van der Waals surface area contributed by atoms with Crippen molar-refractivity contribution in [2.24, 2.45) is 7.05 Å². The summed E-state index contributed by atoms with van der Waals surface area (Å²) in [4.78, 5) is 46.4. The van der Waals surface area contributed by atoms with E-state index in [1.165, 1.54) is 66.9 Å². The normalized spacial score (nSPS) is 15.7. The van der Waals surface area contributed by atoms with Crippen LogP contribution in [0.3, 0.4) is 0 Å². The first-order valence-electron chi connectivity index (χ1n) is 12.4. The maximum atomic E-state index is 14.2. The van der Waals surface area contributed by atoms with Crippen LogP contribution in [-0.4, -0.2) is 58.8 Å². The molecule has 0 saturated heterocycles. The van der Waals surface area contributed by atoms with Gasteiger partial charge in [0.1, 0.15) is 23.1 Å². The Balaban J connectivity index is 1.58. The topological polar surface area (TPSA) is 109 Å². The van der Waals surface area contributed by atoms with Crippen molar-refractivity contribution in [3.63, 3.8) is 0 Å². The summed E-state index contributed by atoms with van der Waals surface area (Å²) in [5, 5.41) is 5.31. The van der Waals surface area contributed by atoms with Gasteiger partial charge in [0.25, 0.3) is 11.8 Å². The van der Waals surface area contributed by atoms with Crippen molar-refractivity contribution in [1.82, 2.24) is 20.2 Å². The van der Waals surface area contributed by atoms with E-state index in [2.05, 4.69) is 20.4 Å². The van der Waals surface area contributed by atoms with Crippen molar-refractivity contribution in [2.75, 3.05) is 23.4 Å². The van der Waals surface area contributed by atoms with Gasteiger partial charge >= 0.3 is 6.36 Å². The average Bonchev–Trinajstić information content (AvgIpc) is 3.29. The quantitative estimate of drug-likeness (QED) is 0.419. The number of fused-ring (bicyclic) bond motifs is 1. The van der Waals surface area contributed by atoms with E-state index in [0.717, 1.165) is 12.1 Å². The molecule has 1 aliphatic heterocycles. The Morgan fingerprint density at radius 2 is 1.76 bits per heavy atom. The number of rotatable bonds is 7. The first-order valence-corrected chi connectivity index (χ1v) is 12.4. The van der Waals surface area contributed by atoms with Crippen LogP contribution in [-0.2, 0) is 23.2 Å². The Morgan fingerprint density at radius 1 is 1.07 bits per heavy atom. The third kappa shape index (κ3) is 6.76. The van der Waals surface area contributed by atoms with Gasteiger partial charge in [-0.2, -0.15) is 0 Å². The van der Waals surface area contributed by atoms with Gasteiger partial charge in [0.2, 0.25) is 5.91 Å². The molecular formula is C27H28F4N6O4. The zero-order valence-corrected chi connectivity index (χ0v) is 22.6. The lowest BCUT2D eigenvalue weighted by Gasteiger charge is -2.30. The molecule has 10 nitrogen and oxygen atoms in total. The van der Waals surface area contributed by atoms with Gasteiger partial charge in [0.05, 0.1) is 11.4 Å². The number of nitrogens with one attached hydrogen (secondary N) is 2. The molecule has 0 saturated carbocycles. The number of hydrogen-bond donors (Lipinski definition) is 2. The monoisotopic (exact) mass is 576 g/mol. The van der Waals surface area contributed by atoms with Gasteiger partial charge in [0.15, 0.2) is 5.82 Å². The van der Waals surface area contributed by atoms with E-state index in [4.69, 9.17) is 0 Å². The van der Waals surface area contributed by atoms with Crippen molar-refractivity contribution in [2.45, 2.75) is 38.3 Å². The standard InChI is InChI=1S/C27H28F4N6O4/c1-26(2,34-23(38)22-32-11-12-35(22)3)25(40)33-19-15-37(14-16-5-8-18(9-6-16)41-27(29,30)31)20-10-7-17(28)13-21(20)36(4)24(19)39/h5-13,19H,14-15H2,1-4H3,(H,33,40)(H,34,38)/t19-/m1/s1. The molecule has 2 heterocycles. The molecule has 0 fully saturated rings. The molecule has 41 heavy (non-hydrogen) atoms. The summed E-state index contributed by atoms with van der Waals surface area (Å²) in [6.45, 7) is 3.00. The molecule has 0 radical (unpaired) electrons. The fourth-order valence-corrected chi connectivity index (χ4v) is 4.38. The van der Waals surface area contributed by atoms with E-state index in [9.17, 15) is 31.9 Å². The number of benzene rings is 2. The van der Waals surface area contributed by atoms with Gasteiger partial charge in [0, 0.05) is 39.6 Å². The molecule has 2 aromatic carbocycles. The predicted molar refractivity (Wildman–Crippen MR) is 141 cm³/mol. The van der Waals surface area contributed by atoms with Crippen LogP contribution in [0, 0.1) is 5.82 Å².